The Morgan fingerprint density at radius 3 is 2.63 bits per heavy atom. The molecule has 2 fully saturated rings. The van der Waals surface area contributed by atoms with Crippen LogP contribution in [0.4, 0.5) is 0 Å². The van der Waals surface area contributed by atoms with Crippen molar-refractivity contribution < 1.29 is 9.53 Å². The van der Waals surface area contributed by atoms with E-state index >= 15 is 0 Å². The fourth-order valence-electron chi connectivity index (χ4n) is 5.17. The highest BCUT2D eigenvalue weighted by atomic mass is 16.5. The lowest BCUT2D eigenvalue weighted by molar-refractivity contribution is 0.0850. The quantitative estimate of drug-likeness (QED) is 0.779. The molecule has 1 aromatic carbocycles. The maximum Gasteiger partial charge on any atom is 0.258 e. The van der Waals surface area contributed by atoms with Crippen LogP contribution in [0.1, 0.15) is 66.9 Å². The van der Waals surface area contributed by atoms with Gasteiger partial charge in [0.05, 0.1) is 17.8 Å². The van der Waals surface area contributed by atoms with Crippen LogP contribution in [0.5, 0.6) is 5.88 Å². The van der Waals surface area contributed by atoms with Crippen LogP contribution >= 0.6 is 0 Å². The van der Waals surface area contributed by atoms with Crippen molar-refractivity contribution in [2.45, 2.75) is 58.1 Å². The van der Waals surface area contributed by atoms with Gasteiger partial charge in [0.15, 0.2) is 0 Å². The summed E-state index contributed by atoms with van der Waals surface area (Å²) < 4.78 is 7.52. The Morgan fingerprint density at radius 1 is 1.27 bits per heavy atom. The van der Waals surface area contributed by atoms with E-state index in [1.54, 1.807) is 30.1 Å². The maximum absolute atomic E-state index is 13.0. The second-order valence-electron chi connectivity index (χ2n) is 8.98. The highest BCUT2D eigenvalue weighted by Gasteiger charge is 2.35. The smallest absolute Gasteiger partial charge is 0.258 e. The number of nitrogens with one attached hydrogen (secondary N) is 1. The van der Waals surface area contributed by atoms with E-state index in [0.29, 0.717) is 29.5 Å². The van der Waals surface area contributed by atoms with Crippen LogP contribution in [0, 0.1) is 29.1 Å². The van der Waals surface area contributed by atoms with Gasteiger partial charge in [-0.2, -0.15) is 10.4 Å². The summed E-state index contributed by atoms with van der Waals surface area (Å²) in [5.74, 6) is 2.57. The molecule has 2 saturated carbocycles. The SMILES string of the molecule is CC(NC(=O)c1cnn(C)c1OCc1ccc(C#N)cc1)C1CC2CCCC(C2)C1. The van der Waals surface area contributed by atoms with Gasteiger partial charge in [0.25, 0.3) is 5.91 Å². The van der Waals surface area contributed by atoms with E-state index in [4.69, 9.17) is 10.00 Å². The van der Waals surface area contributed by atoms with E-state index in [0.717, 1.165) is 17.4 Å². The molecule has 30 heavy (non-hydrogen) atoms. The Bertz CT molecular complexity index is 916. The third-order valence-corrected chi connectivity index (χ3v) is 6.82. The second-order valence-corrected chi connectivity index (χ2v) is 8.98. The number of hydrogen-bond acceptors (Lipinski definition) is 4. The van der Waals surface area contributed by atoms with Crippen molar-refractivity contribution in [1.29, 1.82) is 5.26 Å². The molecule has 6 nitrogen and oxygen atoms in total. The van der Waals surface area contributed by atoms with Crippen LogP contribution in [0.3, 0.4) is 0 Å². The molecule has 6 heteroatoms. The van der Waals surface area contributed by atoms with Crippen LogP contribution in [0.15, 0.2) is 30.5 Å². The molecule has 1 N–H and O–H groups in total. The first kappa shape index (κ1) is 20.5. The molecule has 0 aliphatic heterocycles. The Morgan fingerprint density at radius 2 is 1.97 bits per heavy atom. The second kappa shape index (κ2) is 8.91. The summed E-state index contributed by atoms with van der Waals surface area (Å²) >= 11 is 0. The summed E-state index contributed by atoms with van der Waals surface area (Å²) in [6.45, 7) is 2.45. The molecule has 0 spiro atoms. The molecule has 0 saturated heterocycles. The Kier molecular flexibility index (Phi) is 6.08. The average molecular weight is 407 g/mol. The number of fused-ring (bicyclic) bond motifs is 2. The summed E-state index contributed by atoms with van der Waals surface area (Å²) in [6, 6.07) is 9.49. The molecule has 4 rings (SSSR count). The minimum absolute atomic E-state index is 0.124. The van der Waals surface area contributed by atoms with Crippen LogP contribution in [0.2, 0.25) is 0 Å². The number of aryl methyl sites for hydroxylation is 1. The van der Waals surface area contributed by atoms with E-state index < -0.39 is 0 Å². The van der Waals surface area contributed by atoms with Gasteiger partial charge in [-0.25, -0.2) is 4.68 Å². The number of rotatable bonds is 6. The predicted octanol–water partition coefficient (Wildman–Crippen LogP) is 4.21. The van der Waals surface area contributed by atoms with Gasteiger partial charge in [0, 0.05) is 13.1 Å². The predicted molar refractivity (Wildman–Crippen MR) is 114 cm³/mol. The third kappa shape index (κ3) is 4.51. The van der Waals surface area contributed by atoms with Crippen molar-refractivity contribution in [3.63, 3.8) is 0 Å². The van der Waals surface area contributed by atoms with E-state index in [1.165, 1.54) is 38.5 Å². The Hall–Kier alpha value is -2.81. The number of carbonyl (C=O) groups is 1. The van der Waals surface area contributed by atoms with Crippen molar-refractivity contribution in [1.82, 2.24) is 15.1 Å². The molecular weight excluding hydrogens is 376 g/mol. The molecule has 1 aromatic heterocycles. The molecule has 3 atom stereocenters. The molecule has 2 aliphatic carbocycles. The lowest BCUT2D eigenvalue weighted by Gasteiger charge is -2.41. The molecule has 1 heterocycles. The molecule has 1 amide bonds. The normalized spacial score (nSPS) is 24.0. The summed E-state index contributed by atoms with van der Waals surface area (Å²) in [5, 5.41) is 16.4. The van der Waals surface area contributed by atoms with Crippen molar-refractivity contribution in [2.75, 3.05) is 0 Å². The van der Waals surface area contributed by atoms with Crippen LogP contribution < -0.4 is 10.1 Å². The number of aromatic nitrogens is 2. The first-order valence-electron chi connectivity index (χ1n) is 11.0. The van der Waals surface area contributed by atoms with Gasteiger partial charge < -0.3 is 10.1 Å². The van der Waals surface area contributed by atoms with E-state index in [2.05, 4.69) is 23.4 Å². The summed E-state index contributed by atoms with van der Waals surface area (Å²) in [7, 11) is 1.77. The van der Waals surface area contributed by atoms with E-state index in [9.17, 15) is 4.79 Å². The van der Waals surface area contributed by atoms with Gasteiger partial charge in [-0.1, -0.05) is 31.4 Å². The van der Waals surface area contributed by atoms with Crippen molar-refractivity contribution >= 4 is 5.91 Å². The number of nitriles is 1. The molecule has 2 bridgehead atoms. The zero-order chi connectivity index (χ0) is 21.1. The van der Waals surface area contributed by atoms with Crippen LogP contribution in [0.25, 0.3) is 0 Å². The third-order valence-electron chi connectivity index (χ3n) is 6.82. The summed E-state index contributed by atoms with van der Waals surface area (Å²) in [5.41, 5.74) is 2.01. The Labute approximate surface area is 178 Å². The molecule has 2 aliphatic rings. The number of ether oxygens (including phenoxy) is 1. The van der Waals surface area contributed by atoms with E-state index in [-0.39, 0.29) is 11.9 Å². The number of amides is 1. The molecule has 158 valence electrons. The zero-order valence-corrected chi connectivity index (χ0v) is 17.8. The minimum atomic E-state index is -0.124. The topological polar surface area (TPSA) is 79.9 Å². The minimum Gasteiger partial charge on any atom is -0.472 e. The van der Waals surface area contributed by atoms with Gasteiger partial charge in [-0.15, -0.1) is 0 Å². The summed E-state index contributed by atoms with van der Waals surface area (Å²) in [4.78, 5) is 13.0. The first-order chi connectivity index (χ1) is 14.5. The van der Waals surface area contributed by atoms with Crippen LogP contribution in [-0.2, 0) is 13.7 Å². The standard InChI is InChI=1S/C24H30N4O2/c1-16(21-11-19-4-3-5-20(10-19)12-21)27-23(29)22-14-26-28(2)24(22)30-15-18-8-6-17(13-25)7-9-18/h6-9,14,16,19-21H,3-5,10-12,15H2,1-2H3,(H,27,29). The maximum atomic E-state index is 13.0. The monoisotopic (exact) mass is 406 g/mol. The molecular formula is C24H30N4O2. The zero-order valence-electron chi connectivity index (χ0n) is 17.8. The van der Waals surface area contributed by atoms with Crippen LogP contribution in [-0.4, -0.2) is 21.7 Å². The number of carbonyl (C=O) groups excluding carboxylic acids is 1. The molecule has 3 unspecified atom stereocenters. The van der Waals surface area contributed by atoms with Gasteiger partial charge in [-0.3, -0.25) is 4.79 Å². The van der Waals surface area contributed by atoms with Gasteiger partial charge in [-0.05, 0) is 61.6 Å². The highest BCUT2D eigenvalue weighted by Crippen LogP contribution is 2.43. The molecule has 2 aromatic rings. The lowest BCUT2D eigenvalue weighted by atomic mass is 9.66. The fraction of sp³-hybridized carbons (Fsp3) is 0.542. The van der Waals surface area contributed by atoms with Gasteiger partial charge >= 0.3 is 0 Å². The molecule has 0 radical (unpaired) electrons. The van der Waals surface area contributed by atoms with E-state index in [1.807, 2.05) is 12.1 Å². The van der Waals surface area contributed by atoms with Gasteiger partial charge in [0.1, 0.15) is 12.2 Å². The van der Waals surface area contributed by atoms with Crippen molar-refractivity contribution in [3.8, 4) is 11.9 Å². The number of benzene rings is 1. The average Bonchev–Trinajstić information content (AvgIpc) is 3.12. The first-order valence-corrected chi connectivity index (χ1v) is 11.0. The Balaban J connectivity index is 1.38. The van der Waals surface area contributed by atoms with Gasteiger partial charge in [0.2, 0.25) is 5.88 Å². The van der Waals surface area contributed by atoms with Crippen molar-refractivity contribution in [2.24, 2.45) is 24.8 Å². The number of hydrogen-bond donors (Lipinski definition) is 1. The fourth-order valence-corrected chi connectivity index (χ4v) is 5.17. The lowest BCUT2D eigenvalue weighted by Crippen LogP contribution is -2.42. The number of nitrogens with zero attached hydrogens (tertiary/aromatic N) is 3. The largest absolute Gasteiger partial charge is 0.472 e. The summed E-state index contributed by atoms with van der Waals surface area (Å²) in [6.07, 6.45) is 9.49. The highest BCUT2D eigenvalue weighted by molar-refractivity contribution is 5.96. The van der Waals surface area contributed by atoms with Crippen molar-refractivity contribution in [3.05, 3.63) is 47.2 Å².